The van der Waals surface area contributed by atoms with Crippen LogP contribution in [0.4, 0.5) is 11.5 Å². The molecule has 8 nitrogen and oxygen atoms in total. The monoisotopic (exact) mass is 499 g/mol. The highest BCUT2D eigenvalue weighted by molar-refractivity contribution is 7.19. The van der Waals surface area contributed by atoms with Crippen LogP contribution in [0.5, 0.6) is 0 Å². The number of thiophene rings is 1. The molecular weight excluding hydrogens is 474 g/mol. The molecule has 1 atom stereocenters. The van der Waals surface area contributed by atoms with E-state index >= 15 is 0 Å². The Balaban J connectivity index is 1.40. The number of amides is 1. The summed E-state index contributed by atoms with van der Waals surface area (Å²) >= 11 is 1.60. The van der Waals surface area contributed by atoms with Gasteiger partial charge >= 0.3 is 0 Å². The van der Waals surface area contributed by atoms with Crippen LogP contribution in [-0.2, 0) is 29.1 Å². The van der Waals surface area contributed by atoms with Crippen molar-refractivity contribution >= 4 is 39.0 Å². The Hall–Kier alpha value is -3.95. The van der Waals surface area contributed by atoms with Gasteiger partial charge in [0.15, 0.2) is 0 Å². The van der Waals surface area contributed by atoms with Gasteiger partial charge in [-0.3, -0.25) is 4.79 Å². The van der Waals surface area contributed by atoms with Gasteiger partial charge in [0.25, 0.3) is 0 Å². The summed E-state index contributed by atoms with van der Waals surface area (Å²) in [7, 11) is 0. The molecule has 5 rings (SSSR count). The van der Waals surface area contributed by atoms with Crippen LogP contribution in [0, 0.1) is 4.91 Å². The smallest absolute Gasteiger partial charge is 0.246 e. The van der Waals surface area contributed by atoms with Crippen LogP contribution in [0.3, 0.4) is 0 Å². The van der Waals surface area contributed by atoms with Crippen molar-refractivity contribution < 1.29 is 9.53 Å². The van der Waals surface area contributed by atoms with Gasteiger partial charge in [0, 0.05) is 11.4 Å². The second kappa shape index (κ2) is 10.8. The van der Waals surface area contributed by atoms with Crippen molar-refractivity contribution in [3.63, 3.8) is 0 Å². The minimum absolute atomic E-state index is 0.0571. The average Bonchev–Trinajstić information content (AvgIpc) is 3.31. The zero-order chi connectivity index (χ0) is 24.9. The number of ether oxygens (including phenoxy) is 1. The Morgan fingerprint density at radius 2 is 2.08 bits per heavy atom. The highest BCUT2D eigenvalue weighted by atomic mass is 32.1. The summed E-state index contributed by atoms with van der Waals surface area (Å²) in [6, 6.07) is 17.0. The lowest BCUT2D eigenvalue weighted by Crippen LogP contribution is -2.34. The summed E-state index contributed by atoms with van der Waals surface area (Å²) in [6.45, 7) is 5.55. The molecule has 1 amide bonds. The SMILES string of the molecule is C=CC(=O)N1CCc2c(sc3ncnc(N[C@H](COCc4cccc(N=O)c4)c4ccccc4)c23)C1. The summed E-state index contributed by atoms with van der Waals surface area (Å²) in [5.74, 6) is 0.698. The predicted molar refractivity (Wildman–Crippen MR) is 141 cm³/mol. The van der Waals surface area contributed by atoms with E-state index in [1.54, 1.807) is 40.8 Å². The molecule has 0 unspecified atom stereocenters. The number of rotatable bonds is 9. The van der Waals surface area contributed by atoms with Gasteiger partial charge in [-0.2, -0.15) is 0 Å². The van der Waals surface area contributed by atoms with E-state index in [0.717, 1.165) is 38.5 Å². The Kier molecular flexibility index (Phi) is 7.11. The lowest BCUT2D eigenvalue weighted by Gasteiger charge is -2.26. The molecule has 9 heteroatoms. The van der Waals surface area contributed by atoms with Gasteiger partial charge in [0.05, 0.1) is 31.2 Å². The number of nitrogens with zero attached hydrogens (tertiary/aromatic N) is 4. The molecule has 36 heavy (non-hydrogen) atoms. The third-order valence-electron chi connectivity index (χ3n) is 6.21. The van der Waals surface area contributed by atoms with Crippen LogP contribution < -0.4 is 5.32 Å². The van der Waals surface area contributed by atoms with Gasteiger partial charge in [-0.15, -0.1) is 16.2 Å². The van der Waals surface area contributed by atoms with Crippen LogP contribution in [0.2, 0.25) is 0 Å². The summed E-state index contributed by atoms with van der Waals surface area (Å²) < 4.78 is 6.07. The lowest BCUT2D eigenvalue weighted by molar-refractivity contribution is -0.126. The summed E-state index contributed by atoms with van der Waals surface area (Å²) in [5.41, 5.74) is 3.53. The molecule has 3 heterocycles. The Labute approximate surface area is 212 Å². The first-order valence-corrected chi connectivity index (χ1v) is 12.5. The highest BCUT2D eigenvalue weighted by Crippen LogP contribution is 2.38. The fraction of sp³-hybridized carbons (Fsp3) is 0.222. The zero-order valence-electron chi connectivity index (χ0n) is 19.6. The number of hydrogen-bond acceptors (Lipinski definition) is 8. The maximum absolute atomic E-state index is 12.1. The molecule has 1 aliphatic rings. The molecule has 182 valence electrons. The summed E-state index contributed by atoms with van der Waals surface area (Å²) in [4.78, 5) is 35.9. The largest absolute Gasteiger partial charge is 0.374 e. The fourth-order valence-electron chi connectivity index (χ4n) is 4.42. The number of benzene rings is 2. The average molecular weight is 500 g/mol. The van der Waals surface area contributed by atoms with E-state index in [-0.39, 0.29) is 11.9 Å². The van der Waals surface area contributed by atoms with E-state index < -0.39 is 0 Å². The number of carbonyl (C=O) groups is 1. The number of nitrogens with one attached hydrogen (secondary N) is 1. The molecule has 0 saturated heterocycles. The standard InChI is InChI=1S/C27H25N5O3S/c1-2-24(33)32-12-11-21-23(14-32)36-27-25(21)26(28-17-29-27)30-22(19-8-4-3-5-9-19)16-35-15-18-7-6-10-20(13-18)31-34/h2-10,13,17,22H,1,11-12,14-16H2,(H,28,29,30)/t22-/m1/s1. The third-order valence-corrected chi connectivity index (χ3v) is 7.33. The summed E-state index contributed by atoms with van der Waals surface area (Å²) in [5, 5.41) is 7.60. The van der Waals surface area contributed by atoms with Crippen LogP contribution in [0.1, 0.15) is 27.6 Å². The van der Waals surface area contributed by atoms with Crippen molar-refractivity contribution in [1.82, 2.24) is 14.9 Å². The van der Waals surface area contributed by atoms with Crippen molar-refractivity contribution in [2.45, 2.75) is 25.6 Å². The molecule has 0 spiro atoms. The van der Waals surface area contributed by atoms with Crippen molar-refractivity contribution in [2.75, 3.05) is 18.5 Å². The third kappa shape index (κ3) is 5.02. The van der Waals surface area contributed by atoms with E-state index in [9.17, 15) is 9.70 Å². The van der Waals surface area contributed by atoms with E-state index in [2.05, 4.69) is 39.2 Å². The molecule has 0 fully saturated rings. The van der Waals surface area contributed by atoms with Gasteiger partial charge < -0.3 is 15.0 Å². The molecule has 4 aromatic rings. The normalized spacial score (nSPS) is 13.7. The van der Waals surface area contributed by atoms with E-state index in [1.165, 1.54) is 11.6 Å². The molecule has 0 bridgehead atoms. The van der Waals surface area contributed by atoms with E-state index in [1.807, 2.05) is 24.3 Å². The van der Waals surface area contributed by atoms with Crippen molar-refractivity contribution in [3.05, 3.63) is 100 Å². The minimum Gasteiger partial charge on any atom is -0.374 e. The number of aromatic nitrogens is 2. The number of fused-ring (bicyclic) bond motifs is 3. The van der Waals surface area contributed by atoms with Crippen LogP contribution in [0.25, 0.3) is 10.2 Å². The van der Waals surface area contributed by atoms with Crippen LogP contribution in [0.15, 0.2) is 78.8 Å². The molecule has 0 aliphatic carbocycles. The topological polar surface area (TPSA) is 96.8 Å². The van der Waals surface area contributed by atoms with Crippen LogP contribution >= 0.6 is 11.3 Å². The van der Waals surface area contributed by atoms with Gasteiger partial charge in [0.1, 0.15) is 22.7 Å². The quantitative estimate of drug-likeness (QED) is 0.240. The molecular formula is C27H25N5O3S. The van der Waals surface area contributed by atoms with E-state index in [0.29, 0.717) is 32.0 Å². The van der Waals surface area contributed by atoms with Crippen LogP contribution in [-0.4, -0.2) is 33.9 Å². The van der Waals surface area contributed by atoms with E-state index in [4.69, 9.17) is 4.74 Å². The number of anilines is 1. The predicted octanol–water partition coefficient (Wildman–Crippen LogP) is 5.53. The molecule has 0 radical (unpaired) electrons. The number of nitroso groups, excluding NO2 is 1. The van der Waals surface area contributed by atoms with Gasteiger partial charge in [-0.05, 0) is 46.5 Å². The fourth-order valence-corrected chi connectivity index (χ4v) is 5.63. The maximum atomic E-state index is 12.1. The van der Waals surface area contributed by atoms with Gasteiger partial charge in [0.2, 0.25) is 5.91 Å². The molecule has 2 aromatic carbocycles. The second-order valence-corrected chi connectivity index (χ2v) is 9.59. The molecule has 1 N–H and O–H groups in total. The zero-order valence-corrected chi connectivity index (χ0v) is 20.4. The maximum Gasteiger partial charge on any atom is 0.246 e. The Morgan fingerprint density at radius 3 is 2.89 bits per heavy atom. The highest BCUT2D eigenvalue weighted by Gasteiger charge is 2.26. The van der Waals surface area contributed by atoms with Crippen molar-refractivity contribution in [3.8, 4) is 0 Å². The number of hydrogen-bond donors (Lipinski definition) is 1. The van der Waals surface area contributed by atoms with Gasteiger partial charge in [-0.1, -0.05) is 49.0 Å². The Bertz CT molecular complexity index is 1410. The molecule has 1 aliphatic heterocycles. The first-order valence-electron chi connectivity index (χ1n) is 11.6. The first kappa shape index (κ1) is 23.8. The summed E-state index contributed by atoms with van der Waals surface area (Å²) in [6.07, 6.45) is 3.67. The Morgan fingerprint density at radius 1 is 1.22 bits per heavy atom. The van der Waals surface area contributed by atoms with Crippen molar-refractivity contribution in [2.24, 2.45) is 5.18 Å². The first-order chi connectivity index (χ1) is 17.7. The molecule has 2 aromatic heterocycles. The minimum atomic E-state index is -0.158. The lowest BCUT2D eigenvalue weighted by atomic mass is 10.0. The van der Waals surface area contributed by atoms with Crippen molar-refractivity contribution in [1.29, 1.82) is 0 Å². The number of carbonyl (C=O) groups excluding carboxylic acids is 1. The molecule has 0 saturated carbocycles. The van der Waals surface area contributed by atoms with Gasteiger partial charge in [-0.25, -0.2) is 9.97 Å². The second-order valence-electron chi connectivity index (χ2n) is 8.50.